The SMILES string of the molecule is CCCCC(CC)COc1c(C#CC(C)(C)O)sc(C#CC(C)(C)O)c1OCC(CC)CCCC. The largest absolute Gasteiger partial charge is 0.487 e. The summed E-state index contributed by atoms with van der Waals surface area (Å²) in [6.07, 6.45) is 9.03. The van der Waals surface area contributed by atoms with Crippen LogP contribution in [-0.4, -0.2) is 34.6 Å². The summed E-state index contributed by atoms with van der Waals surface area (Å²) in [6.45, 7) is 16.6. The van der Waals surface area contributed by atoms with E-state index in [9.17, 15) is 10.2 Å². The van der Waals surface area contributed by atoms with Gasteiger partial charge in [0.1, 0.15) is 21.0 Å². The molecule has 5 heteroatoms. The third-order valence-electron chi connectivity index (χ3n) is 5.80. The quantitative estimate of drug-likeness (QED) is 0.263. The van der Waals surface area contributed by atoms with Crippen LogP contribution < -0.4 is 9.47 Å². The van der Waals surface area contributed by atoms with Gasteiger partial charge in [-0.3, -0.25) is 0 Å². The molecular weight excluding hydrogens is 456 g/mol. The first-order valence-corrected chi connectivity index (χ1v) is 14.2. The molecule has 0 saturated heterocycles. The Hall–Kier alpha value is -1.66. The Bertz CT molecular complexity index is 794. The van der Waals surface area contributed by atoms with Crippen LogP contribution in [0.5, 0.6) is 11.5 Å². The van der Waals surface area contributed by atoms with Gasteiger partial charge in [-0.25, -0.2) is 0 Å². The van der Waals surface area contributed by atoms with Crippen molar-refractivity contribution >= 4 is 11.3 Å². The highest BCUT2D eigenvalue weighted by Gasteiger charge is 2.23. The molecule has 2 N–H and O–H groups in total. The van der Waals surface area contributed by atoms with E-state index in [1.54, 1.807) is 27.7 Å². The third kappa shape index (κ3) is 12.7. The maximum atomic E-state index is 10.2. The minimum atomic E-state index is -1.12. The van der Waals surface area contributed by atoms with Crippen molar-refractivity contribution in [1.82, 2.24) is 0 Å². The average molecular weight is 505 g/mol. The van der Waals surface area contributed by atoms with Gasteiger partial charge >= 0.3 is 0 Å². The highest BCUT2D eigenvalue weighted by atomic mass is 32.1. The lowest BCUT2D eigenvalue weighted by Gasteiger charge is -2.19. The van der Waals surface area contributed by atoms with E-state index in [0.717, 1.165) is 25.7 Å². The average Bonchev–Trinajstić information content (AvgIpc) is 3.12. The molecule has 0 amide bonds. The second kappa shape index (κ2) is 15.5. The van der Waals surface area contributed by atoms with Gasteiger partial charge in [-0.05, 0) is 64.2 Å². The summed E-state index contributed by atoms with van der Waals surface area (Å²) in [6, 6.07) is 0. The number of aliphatic hydroxyl groups is 2. The number of unbranched alkanes of at least 4 members (excludes halogenated alkanes) is 2. The molecule has 1 aromatic heterocycles. The van der Waals surface area contributed by atoms with Crippen molar-refractivity contribution in [2.24, 2.45) is 11.8 Å². The van der Waals surface area contributed by atoms with Gasteiger partial charge in [0.2, 0.25) is 0 Å². The van der Waals surface area contributed by atoms with E-state index in [-0.39, 0.29) is 0 Å². The monoisotopic (exact) mass is 504 g/mol. The van der Waals surface area contributed by atoms with Crippen LogP contribution >= 0.6 is 11.3 Å². The van der Waals surface area contributed by atoms with E-state index in [1.807, 2.05) is 0 Å². The normalized spacial score (nSPS) is 13.3. The second-order valence-electron chi connectivity index (χ2n) is 10.5. The van der Waals surface area contributed by atoms with Crippen molar-refractivity contribution in [2.45, 2.75) is 118 Å². The van der Waals surface area contributed by atoms with E-state index in [2.05, 4.69) is 51.4 Å². The van der Waals surface area contributed by atoms with E-state index < -0.39 is 11.2 Å². The highest BCUT2D eigenvalue weighted by Crippen LogP contribution is 2.43. The fourth-order valence-corrected chi connectivity index (χ4v) is 4.34. The molecular formula is C30H48O4S. The molecule has 1 aromatic rings. The zero-order chi connectivity index (χ0) is 26.5. The molecule has 4 nitrogen and oxygen atoms in total. The smallest absolute Gasteiger partial charge is 0.189 e. The summed E-state index contributed by atoms with van der Waals surface area (Å²) in [5, 5.41) is 20.4. The van der Waals surface area contributed by atoms with Crippen molar-refractivity contribution in [2.75, 3.05) is 13.2 Å². The Balaban J connectivity index is 3.45. The molecule has 198 valence electrons. The summed E-state index contributed by atoms with van der Waals surface area (Å²) in [4.78, 5) is 1.41. The molecule has 2 atom stereocenters. The Kier molecular flexibility index (Phi) is 13.8. The molecule has 2 unspecified atom stereocenters. The summed E-state index contributed by atoms with van der Waals surface area (Å²) >= 11 is 1.40. The van der Waals surface area contributed by atoms with Crippen LogP contribution in [0.2, 0.25) is 0 Å². The highest BCUT2D eigenvalue weighted by molar-refractivity contribution is 7.13. The summed E-state index contributed by atoms with van der Waals surface area (Å²) in [7, 11) is 0. The van der Waals surface area contributed by atoms with E-state index in [0.29, 0.717) is 46.3 Å². The van der Waals surface area contributed by atoms with Crippen molar-refractivity contribution in [3.63, 3.8) is 0 Å². The van der Waals surface area contributed by atoms with Gasteiger partial charge in [0.05, 0.1) is 13.2 Å². The summed E-state index contributed by atoms with van der Waals surface area (Å²) in [5.74, 6) is 14.2. The van der Waals surface area contributed by atoms with Crippen LogP contribution in [0.25, 0.3) is 0 Å². The van der Waals surface area contributed by atoms with Gasteiger partial charge in [0.25, 0.3) is 0 Å². The number of hydrogen-bond donors (Lipinski definition) is 2. The first-order valence-electron chi connectivity index (χ1n) is 13.4. The van der Waals surface area contributed by atoms with Crippen molar-refractivity contribution in [3.8, 4) is 35.2 Å². The Morgan fingerprint density at radius 2 is 1.09 bits per heavy atom. The fourth-order valence-electron chi connectivity index (χ4n) is 3.45. The van der Waals surface area contributed by atoms with Crippen LogP contribution in [0.1, 0.15) is 117 Å². The van der Waals surface area contributed by atoms with Crippen LogP contribution in [0.15, 0.2) is 0 Å². The number of thiophene rings is 1. The Morgan fingerprint density at radius 3 is 1.37 bits per heavy atom. The van der Waals surface area contributed by atoms with Crippen LogP contribution in [0.4, 0.5) is 0 Å². The summed E-state index contributed by atoms with van der Waals surface area (Å²) in [5.41, 5.74) is -2.25. The Labute approximate surface area is 218 Å². The van der Waals surface area contributed by atoms with Crippen molar-refractivity contribution in [3.05, 3.63) is 9.75 Å². The lowest BCUT2D eigenvalue weighted by molar-refractivity contribution is 0.143. The number of hydrogen-bond acceptors (Lipinski definition) is 5. The molecule has 0 aliphatic heterocycles. The lowest BCUT2D eigenvalue weighted by Crippen LogP contribution is -2.15. The van der Waals surface area contributed by atoms with E-state index >= 15 is 0 Å². The van der Waals surface area contributed by atoms with Crippen LogP contribution in [-0.2, 0) is 0 Å². The molecule has 0 aliphatic rings. The van der Waals surface area contributed by atoms with Gasteiger partial charge in [0.15, 0.2) is 11.5 Å². The minimum Gasteiger partial charge on any atom is -0.487 e. The predicted octanol–water partition coefficient (Wildman–Crippen LogP) is 7.18. The number of ether oxygens (including phenoxy) is 2. The van der Waals surface area contributed by atoms with Gasteiger partial charge in [-0.15, -0.1) is 11.3 Å². The standard InChI is InChI=1S/C30H48O4S/c1-9-13-15-23(11-3)21-33-27-25(17-19-29(5,6)31)35-26(18-20-30(7,8)32)28(27)34-22-24(12-4)16-14-10-2/h23-24,31-32H,9-16,21-22H2,1-8H3. The van der Waals surface area contributed by atoms with Gasteiger partial charge in [-0.2, -0.15) is 0 Å². The molecule has 0 bridgehead atoms. The van der Waals surface area contributed by atoms with E-state index in [1.165, 1.54) is 37.0 Å². The molecule has 0 spiro atoms. The molecule has 0 fully saturated rings. The first-order chi connectivity index (χ1) is 16.4. The molecule has 35 heavy (non-hydrogen) atoms. The minimum absolute atomic E-state index is 0.455. The van der Waals surface area contributed by atoms with Crippen molar-refractivity contribution in [1.29, 1.82) is 0 Å². The van der Waals surface area contributed by atoms with Gasteiger partial charge < -0.3 is 19.7 Å². The predicted molar refractivity (Wildman–Crippen MR) is 148 cm³/mol. The zero-order valence-corrected chi connectivity index (χ0v) is 24.2. The lowest BCUT2D eigenvalue weighted by atomic mass is 10.0. The van der Waals surface area contributed by atoms with Gasteiger partial charge in [-0.1, -0.05) is 78.1 Å². The molecule has 0 aliphatic carbocycles. The van der Waals surface area contributed by atoms with Gasteiger partial charge in [0, 0.05) is 0 Å². The topological polar surface area (TPSA) is 58.9 Å². The van der Waals surface area contributed by atoms with Crippen molar-refractivity contribution < 1.29 is 19.7 Å². The first kappa shape index (κ1) is 31.4. The molecule has 0 aromatic carbocycles. The molecule has 0 saturated carbocycles. The van der Waals surface area contributed by atoms with E-state index in [4.69, 9.17) is 9.47 Å². The fraction of sp³-hybridized carbons (Fsp3) is 0.733. The third-order valence-corrected chi connectivity index (χ3v) is 6.78. The van der Waals surface area contributed by atoms with Crippen LogP contribution in [0, 0.1) is 35.5 Å². The van der Waals surface area contributed by atoms with Crippen LogP contribution in [0.3, 0.4) is 0 Å². The maximum Gasteiger partial charge on any atom is 0.189 e. The number of rotatable bonds is 14. The molecule has 0 radical (unpaired) electrons. The second-order valence-corrected chi connectivity index (χ2v) is 11.5. The Morgan fingerprint density at radius 1 is 0.714 bits per heavy atom. The zero-order valence-electron chi connectivity index (χ0n) is 23.3. The summed E-state index contributed by atoms with van der Waals surface area (Å²) < 4.78 is 12.8. The molecule has 1 rings (SSSR count). The maximum absolute atomic E-state index is 10.2. The molecule has 1 heterocycles.